The van der Waals surface area contributed by atoms with Gasteiger partial charge in [-0.2, -0.15) is 0 Å². The maximum Gasteiger partial charge on any atom is 0.322 e. The number of likely N-dealkylation sites (tertiary alicyclic amines) is 1. The zero-order valence-corrected chi connectivity index (χ0v) is 25.4. The molecule has 3 heterocycles. The molecule has 2 aliphatic heterocycles. The van der Waals surface area contributed by atoms with E-state index in [4.69, 9.17) is 10.7 Å². The Hall–Kier alpha value is -3.13. The van der Waals surface area contributed by atoms with Crippen molar-refractivity contribution in [2.45, 2.75) is 83.2 Å². The molecule has 0 radical (unpaired) electrons. The monoisotopic (exact) mass is 570 g/mol. The second kappa shape index (κ2) is 10.2. The van der Waals surface area contributed by atoms with Gasteiger partial charge in [-0.25, -0.2) is 9.78 Å². The highest BCUT2D eigenvalue weighted by Crippen LogP contribution is 2.60. The first-order valence-electron chi connectivity index (χ1n) is 16.1. The van der Waals surface area contributed by atoms with Crippen LogP contribution in [0.2, 0.25) is 0 Å². The van der Waals surface area contributed by atoms with Crippen molar-refractivity contribution in [2.75, 3.05) is 36.0 Å². The zero-order valence-electron chi connectivity index (χ0n) is 25.4. The van der Waals surface area contributed by atoms with E-state index in [9.17, 15) is 9.59 Å². The lowest BCUT2D eigenvalue weighted by atomic mass is 9.47. The summed E-state index contributed by atoms with van der Waals surface area (Å²) in [5.41, 5.74) is 9.02. The molecule has 2 unspecified atom stereocenters. The molecular formula is C34H46N6O2. The largest absolute Gasteiger partial charge is 0.369 e. The van der Waals surface area contributed by atoms with Crippen LogP contribution in [0, 0.1) is 23.2 Å². The Balaban J connectivity index is 1.04. The number of hydrogen-bond acceptors (Lipinski definition) is 5. The summed E-state index contributed by atoms with van der Waals surface area (Å²) in [7, 11) is 0. The molecule has 1 aromatic carbocycles. The third-order valence-corrected chi connectivity index (χ3v) is 11.3. The maximum atomic E-state index is 13.8. The number of anilines is 3. The number of aromatic nitrogens is 1. The third-order valence-electron chi connectivity index (χ3n) is 11.3. The Labute approximate surface area is 250 Å². The van der Waals surface area contributed by atoms with Gasteiger partial charge in [-0.15, -0.1) is 0 Å². The summed E-state index contributed by atoms with van der Waals surface area (Å²) in [5, 5.41) is 3.44. The number of nitrogens with two attached hydrogens (primary N) is 1. The molecule has 8 nitrogen and oxygen atoms in total. The molecule has 3 N–H and O–H groups in total. The van der Waals surface area contributed by atoms with Crippen LogP contribution in [-0.4, -0.2) is 59.6 Å². The van der Waals surface area contributed by atoms with E-state index in [1.807, 2.05) is 23.1 Å². The SMILES string of the molecule is CC(C)(C)N1CCC(c2ccc(N3CCN(C(=O)N[C@H]4C5CC6CC4C[C@@](C(N)=O)(C6)C5)c4ccccc43)nc2)CC1. The zero-order chi connectivity index (χ0) is 29.2. The predicted molar refractivity (Wildman–Crippen MR) is 166 cm³/mol. The lowest BCUT2D eigenvalue weighted by Crippen LogP contribution is -2.63. The number of para-hydroxylation sites is 2. The van der Waals surface area contributed by atoms with Crippen molar-refractivity contribution in [1.82, 2.24) is 15.2 Å². The Morgan fingerprint density at radius 3 is 2.24 bits per heavy atom. The number of carbonyl (C=O) groups is 2. The fourth-order valence-corrected chi connectivity index (χ4v) is 9.28. The van der Waals surface area contributed by atoms with Crippen LogP contribution in [-0.2, 0) is 4.79 Å². The van der Waals surface area contributed by atoms with Crippen LogP contribution in [0.15, 0.2) is 42.6 Å². The van der Waals surface area contributed by atoms with Crippen molar-refractivity contribution in [3.8, 4) is 0 Å². The lowest BCUT2D eigenvalue weighted by molar-refractivity contribution is -0.145. The highest BCUT2D eigenvalue weighted by molar-refractivity contribution is 5.98. The highest BCUT2D eigenvalue weighted by atomic mass is 16.2. The van der Waals surface area contributed by atoms with Crippen LogP contribution < -0.4 is 20.9 Å². The summed E-state index contributed by atoms with van der Waals surface area (Å²) in [4.78, 5) is 37.8. The van der Waals surface area contributed by atoms with E-state index in [0.29, 0.717) is 36.8 Å². The number of rotatable bonds is 4. The molecule has 42 heavy (non-hydrogen) atoms. The number of nitrogens with one attached hydrogen (secondary N) is 1. The van der Waals surface area contributed by atoms with Crippen molar-refractivity contribution in [1.29, 1.82) is 0 Å². The fraction of sp³-hybridized carbons (Fsp3) is 0.618. The molecule has 224 valence electrons. The van der Waals surface area contributed by atoms with Crippen LogP contribution in [0.1, 0.15) is 77.2 Å². The summed E-state index contributed by atoms with van der Waals surface area (Å²) in [6, 6.07) is 12.7. The average Bonchev–Trinajstić information content (AvgIpc) is 2.97. The van der Waals surface area contributed by atoms with Crippen LogP contribution in [0.3, 0.4) is 0 Å². The Morgan fingerprint density at radius 2 is 1.62 bits per heavy atom. The molecule has 2 atom stereocenters. The van der Waals surface area contributed by atoms with E-state index in [0.717, 1.165) is 62.4 Å². The van der Waals surface area contributed by atoms with E-state index in [1.54, 1.807) is 0 Å². The molecular weight excluding hydrogens is 524 g/mol. The molecule has 6 aliphatic rings. The second-order valence-corrected chi connectivity index (χ2v) is 14.8. The summed E-state index contributed by atoms with van der Waals surface area (Å²) >= 11 is 0. The molecule has 1 saturated heterocycles. The Morgan fingerprint density at radius 1 is 0.929 bits per heavy atom. The number of benzene rings is 1. The molecule has 4 saturated carbocycles. The lowest BCUT2D eigenvalue weighted by Gasteiger charge is -2.59. The number of nitrogens with zero attached hydrogens (tertiary/aromatic N) is 4. The minimum Gasteiger partial charge on any atom is -0.369 e. The van der Waals surface area contributed by atoms with E-state index >= 15 is 0 Å². The number of urea groups is 1. The van der Waals surface area contributed by atoms with E-state index in [-0.39, 0.29) is 28.9 Å². The van der Waals surface area contributed by atoms with E-state index in [2.05, 4.69) is 60.3 Å². The summed E-state index contributed by atoms with van der Waals surface area (Å²) in [5.74, 6) is 2.60. The minimum atomic E-state index is -0.345. The average molecular weight is 571 g/mol. The Bertz CT molecular complexity index is 1330. The molecule has 0 spiro atoms. The second-order valence-electron chi connectivity index (χ2n) is 14.8. The maximum absolute atomic E-state index is 13.8. The normalized spacial score (nSPS) is 31.2. The number of pyridine rings is 1. The predicted octanol–water partition coefficient (Wildman–Crippen LogP) is 5.41. The topological polar surface area (TPSA) is 94.8 Å². The summed E-state index contributed by atoms with van der Waals surface area (Å²) < 4.78 is 0. The van der Waals surface area contributed by atoms with Crippen LogP contribution in [0.25, 0.3) is 0 Å². The van der Waals surface area contributed by atoms with Crippen molar-refractivity contribution in [3.63, 3.8) is 0 Å². The molecule has 5 fully saturated rings. The summed E-state index contributed by atoms with van der Waals surface area (Å²) in [6.45, 7) is 10.4. The van der Waals surface area contributed by atoms with Gasteiger partial charge in [0.2, 0.25) is 5.91 Å². The number of primary amides is 1. The van der Waals surface area contributed by atoms with E-state index < -0.39 is 0 Å². The van der Waals surface area contributed by atoms with Gasteiger partial charge in [0.05, 0.1) is 11.4 Å². The highest BCUT2D eigenvalue weighted by Gasteiger charge is 2.58. The first-order valence-corrected chi connectivity index (χ1v) is 16.1. The molecule has 4 bridgehead atoms. The van der Waals surface area contributed by atoms with Crippen molar-refractivity contribution in [3.05, 3.63) is 48.2 Å². The first-order chi connectivity index (χ1) is 20.1. The van der Waals surface area contributed by atoms with Gasteiger partial charge in [0, 0.05) is 36.3 Å². The number of carbonyl (C=O) groups excluding carboxylic acids is 2. The number of piperidine rings is 1. The molecule has 8 heteroatoms. The van der Waals surface area contributed by atoms with Gasteiger partial charge in [-0.05, 0) is 126 Å². The summed E-state index contributed by atoms with van der Waals surface area (Å²) in [6.07, 6.45) is 9.18. The van der Waals surface area contributed by atoms with E-state index in [1.165, 1.54) is 18.4 Å². The molecule has 2 aromatic rings. The number of amides is 3. The van der Waals surface area contributed by atoms with Crippen LogP contribution in [0.4, 0.5) is 22.0 Å². The van der Waals surface area contributed by atoms with Crippen LogP contribution >= 0.6 is 0 Å². The fourth-order valence-electron chi connectivity index (χ4n) is 9.28. The van der Waals surface area contributed by atoms with Crippen LogP contribution in [0.5, 0.6) is 0 Å². The van der Waals surface area contributed by atoms with Crippen molar-refractivity contribution < 1.29 is 9.59 Å². The third kappa shape index (κ3) is 4.76. The smallest absolute Gasteiger partial charge is 0.322 e. The minimum absolute atomic E-state index is 0.0300. The van der Waals surface area contributed by atoms with Gasteiger partial charge in [0.25, 0.3) is 0 Å². The number of fused-ring (bicyclic) bond motifs is 1. The van der Waals surface area contributed by atoms with Gasteiger partial charge in [0.15, 0.2) is 0 Å². The van der Waals surface area contributed by atoms with Crippen molar-refractivity contribution >= 4 is 29.1 Å². The quantitative estimate of drug-likeness (QED) is 0.513. The van der Waals surface area contributed by atoms with Crippen molar-refractivity contribution in [2.24, 2.45) is 28.9 Å². The molecule has 4 aliphatic carbocycles. The van der Waals surface area contributed by atoms with Gasteiger partial charge in [0.1, 0.15) is 5.82 Å². The van der Waals surface area contributed by atoms with Gasteiger partial charge < -0.3 is 16.0 Å². The standard InChI is InChI=1S/C34H46N6O2/c1-33(2,3)38-12-10-23(11-13-38)24-8-9-29(36-21-24)39-14-15-40(28-7-5-4-6-27(28)39)32(42)37-30-25-16-22-17-26(30)20-34(18-22,19-25)31(35)41/h4-9,21-23,25-26,30H,10-20H2,1-3H3,(H2,35,41)(H,37,42)/t22?,25?,26?,30-,34+. The number of hydrogen-bond donors (Lipinski definition) is 2. The van der Waals surface area contributed by atoms with Gasteiger partial charge in [-0.1, -0.05) is 18.2 Å². The molecule has 1 aromatic heterocycles. The first kappa shape index (κ1) is 27.7. The Kier molecular flexibility index (Phi) is 6.76. The van der Waals surface area contributed by atoms with Gasteiger partial charge in [-0.3, -0.25) is 14.6 Å². The molecule has 3 amide bonds. The molecule has 8 rings (SSSR count). The van der Waals surface area contributed by atoms with Gasteiger partial charge >= 0.3 is 6.03 Å².